The van der Waals surface area contributed by atoms with Gasteiger partial charge in [-0.05, 0) is 45.3 Å². The van der Waals surface area contributed by atoms with Crippen LogP contribution in [0.25, 0.3) is 10.8 Å². The molecule has 0 heterocycles. The van der Waals surface area contributed by atoms with E-state index in [0.29, 0.717) is 12.0 Å². The number of nitrogens with one attached hydrogen (secondary N) is 2. The van der Waals surface area contributed by atoms with Gasteiger partial charge in [-0.25, -0.2) is 0 Å². The van der Waals surface area contributed by atoms with Crippen molar-refractivity contribution in [2.24, 2.45) is 0 Å². The third-order valence-electron chi connectivity index (χ3n) is 2.72. The summed E-state index contributed by atoms with van der Waals surface area (Å²) in [5.41, 5.74) is 5.80. The summed E-state index contributed by atoms with van der Waals surface area (Å²) in [6.07, 6.45) is 0.420. The van der Waals surface area contributed by atoms with Crippen molar-refractivity contribution in [2.45, 2.75) is 6.92 Å². The number of halogens is 1. The minimum Gasteiger partial charge on any atom is -0.277 e. The largest absolute Gasteiger partial charge is 0.277 e. The van der Waals surface area contributed by atoms with Gasteiger partial charge in [0.15, 0.2) is 0 Å². The Balaban J connectivity index is 2.54. The molecule has 2 amide bonds. The summed E-state index contributed by atoms with van der Waals surface area (Å²) >= 11 is 3.50. The van der Waals surface area contributed by atoms with Gasteiger partial charge in [0.2, 0.25) is 6.41 Å². The average molecular weight is 307 g/mol. The Morgan fingerprint density at radius 3 is 2.78 bits per heavy atom. The van der Waals surface area contributed by atoms with E-state index in [2.05, 4.69) is 26.8 Å². The molecule has 0 saturated carbocycles. The average Bonchev–Trinajstić information content (AvgIpc) is 2.40. The van der Waals surface area contributed by atoms with Gasteiger partial charge in [-0.15, -0.1) is 0 Å². The summed E-state index contributed by atoms with van der Waals surface area (Å²) in [5.74, 6) is -0.342. The highest BCUT2D eigenvalue weighted by molar-refractivity contribution is 9.10. The van der Waals surface area contributed by atoms with E-state index in [1.807, 2.05) is 31.2 Å². The van der Waals surface area contributed by atoms with Gasteiger partial charge in [0.25, 0.3) is 5.91 Å². The number of carbonyl (C=O) groups is 2. The van der Waals surface area contributed by atoms with Crippen molar-refractivity contribution < 1.29 is 9.59 Å². The van der Waals surface area contributed by atoms with Crippen LogP contribution >= 0.6 is 15.9 Å². The topological polar surface area (TPSA) is 58.2 Å². The number of benzene rings is 2. The number of hydrogen-bond donors (Lipinski definition) is 2. The normalized spacial score (nSPS) is 10.1. The van der Waals surface area contributed by atoms with Crippen LogP contribution in [0.1, 0.15) is 15.9 Å². The molecule has 0 aliphatic rings. The van der Waals surface area contributed by atoms with Crippen LogP contribution in [0.2, 0.25) is 0 Å². The lowest BCUT2D eigenvalue weighted by Gasteiger charge is -2.11. The summed E-state index contributed by atoms with van der Waals surface area (Å²) in [6, 6.07) is 9.58. The number of carbonyl (C=O) groups excluding carboxylic acids is 2. The monoisotopic (exact) mass is 306 g/mol. The van der Waals surface area contributed by atoms with Crippen LogP contribution in [0, 0.1) is 6.92 Å². The molecular formula is C13H11BrN2O2. The zero-order valence-electron chi connectivity index (χ0n) is 9.66. The Labute approximate surface area is 112 Å². The highest BCUT2D eigenvalue weighted by Crippen LogP contribution is 2.30. The maximum atomic E-state index is 11.9. The molecule has 0 atom stereocenters. The van der Waals surface area contributed by atoms with E-state index in [-0.39, 0.29) is 5.91 Å². The summed E-state index contributed by atoms with van der Waals surface area (Å²) in [5, 5.41) is 2.01. The van der Waals surface area contributed by atoms with Crippen LogP contribution < -0.4 is 10.9 Å². The quantitative estimate of drug-likeness (QED) is 0.675. The Morgan fingerprint density at radius 1 is 1.33 bits per heavy atom. The minimum absolute atomic E-state index is 0.342. The van der Waals surface area contributed by atoms with E-state index in [1.54, 1.807) is 6.07 Å². The first-order chi connectivity index (χ1) is 8.65. The van der Waals surface area contributed by atoms with Gasteiger partial charge in [-0.1, -0.05) is 24.3 Å². The van der Waals surface area contributed by atoms with E-state index in [0.717, 1.165) is 20.8 Å². The third-order valence-corrected chi connectivity index (χ3v) is 3.74. The van der Waals surface area contributed by atoms with Crippen molar-refractivity contribution in [1.29, 1.82) is 0 Å². The van der Waals surface area contributed by atoms with Gasteiger partial charge in [-0.2, -0.15) is 0 Å². The molecule has 2 N–H and O–H groups in total. The second-order valence-electron chi connectivity index (χ2n) is 3.80. The maximum Gasteiger partial charge on any atom is 0.270 e. The molecule has 2 rings (SSSR count). The molecule has 0 unspecified atom stereocenters. The lowest BCUT2D eigenvalue weighted by molar-refractivity contribution is -0.110. The molecule has 92 valence electrons. The highest BCUT2D eigenvalue weighted by Gasteiger charge is 2.13. The molecule has 0 aliphatic heterocycles. The molecule has 18 heavy (non-hydrogen) atoms. The maximum absolute atomic E-state index is 11.9. The highest BCUT2D eigenvalue weighted by atomic mass is 79.9. The molecule has 0 fully saturated rings. The standard InChI is InChI=1S/C13H11BrN2O2/c1-8-11(13(18)16-15-7-17)6-9-4-2-3-5-10(9)12(8)14/h2-7H,1H3,(H,15,17)(H,16,18). The molecule has 0 bridgehead atoms. The van der Waals surface area contributed by atoms with Crippen LogP contribution in [0.5, 0.6) is 0 Å². The van der Waals surface area contributed by atoms with E-state index >= 15 is 0 Å². The van der Waals surface area contributed by atoms with Crippen LogP contribution in [-0.2, 0) is 4.79 Å². The molecule has 0 spiro atoms. The second-order valence-corrected chi connectivity index (χ2v) is 4.59. The predicted octanol–water partition coefficient (Wildman–Crippen LogP) is 2.30. The van der Waals surface area contributed by atoms with Gasteiger partial charge < -0.3 is 0 Å². The van der Waals surface area contributed by atoms with Crippen molar-refractivity contribution in [3.8, 4) is 0 Å². The minimum atomic E-state index is -0.342. The smallest absolute Gasteiger partial charge is 0.270 e. The molecule has 2 aromatic rings. The molecule has 0 aliphatic carbocycles. The molecule has 4 nitrogen and oxygen atoms in total. The van der Waals surface area contributed by atoms with Crippen molar-refractivity contribution in [3.63, 3.8) is 0 Å². The van der Waals surface area contributed by atoms with E-state index in [9.17, 15) is 9.59 Å². The number of hydrazine groups is 1. The zero-order valence-corrected chi connectivity index (χ0v) is 11.2. The predicted molar refractivity (Wildman–Crippen MR) is 73.1 cm³/mol. The summed E-state index contributed by atoms with van der Waals surface area (Å²) in [7, 11) is 0. The van der Waals surface area contributed by atoms with Gasteiger partial charge in [0.1, 0.15) is 0 Å². The lowest BCUT2D eigenvalue weighted by Crippen LogP contribution is -2.36. The third kappa shape index (κ3) is 2.22. The Hall–Kier alpha value is -1.88. The zero-order chi connectivity index (χ0) is 13.1. The fourth-order valence-electron chi connectivity index (χ4n) is 1.80. The number of hydrogen-bond acceptors (Lipinski definition) is 2. The van der Waals surface area contributed by atoms with Gasteiger partial charge >= 0.3 is 0 Å². The molecule has 0 aromatic heterocycles. The molecule has 0 radical (unpaired) electrons. The number of amides is 2. The lowest BCUT2D eigenvalue weighted by atomic mass is 10.0. The van der Waals surface area contributed by atoms with Crippen molar-refractivity contribution in [1.82, 2.24) is 10.9 Å². The fourth-order valence-corrected chi connectivity index (χ4v) is 2.38. The molecule has 5 heteroatoms. The first kappa shape index (κ1) is 12.6. The van der Waals surface area contributed by atoms with Crippen LogP contribution in [0.3, 0.4) is 0 Å². The van der Waals surface area contributed by atoms with Crippen molar-refractivity contribution in [3.05, 3.63) is 45.9 Å². The Morgan fingerprint density at radius 2 is 2.06 bits per heavy atom. The molecular weight excluding hydrogens is 296 g/mol. The number of rotatable bonds is 3. The van der Waals surface area contributed by atoms with E-state index in [1.165, 1.54) is 0 Å². The first-order valence-electron chi connectivity index (χ1n) is 5.32. The summed E-state index contributed by atoms with van der Waals surface area (Å²) < 4.78 is 0.886. The van der Waals surface area contributed by atoms with Gasteiger partial charge in [0.05, 0.1) is 0 Å². The van der Waals surface area contributed by atoms with E-state index in [4.69, 9.17) is 0 Å². The molecule has 2 aromatic carbocycles. The fraction of sp³-hybridized carbons (Fsp3) is 0.0769. The van der Waals surface area contributed by atoms with Crippen LogP contribution in [0.15, 0.2) is 34.8 Å². The van der Waals surface area contributed by atoms with Gasteiger partial charge in [0, 0.05) is 10.0 Å². The Kier molecular flexibility index (Phi) is 3.62. The second kappa shape index (κ2) is 5.18. The summed E-state index contributed by atoms with van der Waals surface area (Å²) in [4.78, 5) is 22.0. The van der Waals surface area contributed by atoms with E-state index < -0.39 is 0 Å². The first-order valence-corrected chi connectivity index (χ1v) is 6.12. The Bertz CT molecular complexity index is 626. The van der Waals surface area contributed by atoms with Crippen LogP contribution in [-0.4, -0.2) is 12.3 Å². The summed E-state index contributed by atoms with van der Waals surface area (Å²) in [6.45, 7) is 1.85. The molecule has 0 saturated heterocycles. The van der Waals surface area contributed by atoms with Crippen LogP contribution in [0.4, 0.5) is 0 Å². The van der Waals surface area contributed by atoms with Gasteiger partial charge in [-0.3, -0.25) is 20.4 Å². The van der Waals surface area contributed by atoms with Crippen molar-refractivity contribution in [2.75, 3.05) is 0 Å². The number of fused-ring (bicyclic) bond motifs is 1. The SMILES string of the molecule is Cc1c(C(=O)NNC=O)cc2ccccc2c1Br. The van der Waals surface area contributed by atoms with Crippen molar-refractivity contribution >= 4 is 39.0 Å².